The average Bonchev–Trinajstić information content (AvgIpc) is 3.15. The van der Waals surface area contributed by atoms with Crippen LogP contribution in [0.15, 0.2) is 33.0 Å². The van der Waals surface area contributed by atoms with E-state index in [0.29, 0.717) is 26.8 Å². The maximum Gasteiger partial charge on any atom is 0.254 e. The Morgan fingerprint density at radius 2 is 2.13 bits per heavy atom. The van der Waals surface area contributed by atoms with Crippen LogP contribution in [-0.4, -0.2) is 30.2 Å². The van der Waals surface area contributed by atoms with Crippen molar-refractivity contribution < 1.29 is 4.63 Å². The lowest BCUT2D eigenvalue weighted by molar-refractivity contribution is 0.312. The number of nitrogen functional groups attached to an aromatic ring is 1. The molecule has 0 atom stereocenters. The molecular formula is C11H7N8O3S-. The first-order valence-corrected chi connectivity index (χ1v) is 7.04. The summed E-state index contributed by atoms with van der Waals surface area (Å²) in [5, 5.41) is 28.6. The summed E-state index contributed by atoms with van der Waals surface area (Å²) in [5.74, 6) is 0.0829. The predicted molar refractivity (Wildman–Crippen MR) is 79.7 cm³/mol. The second kappa shape index (κ2) is 4.88. The first-order valence-electron chi connectivity index (χ1n) is 6.22. The quantitative estimate of drug-likeness (QED) is 0.344. The third-order valence-electron chi connectivity index (χ3n) is 3.08. The largest absolute Gasteiger partial charge is 0.612 e. The van der Waals surface area contributed by atoms with Gasteiger partial charge in [0.2, 0.25) is 11.6 Å². The average molecular weight is 331 g/mol. The van der Waals surface area contributed by atoms with E-state index in [1.807, 2.05) is 0 Å². The number of fused-ring (bicyclic) bond motifs is 2. The fourth-order valence-electron chi connectivity index (χ4n) is 2.10. The van der Waals surface area contributed by atoms with Gasteiger partial charge in [-0.05, 0) is 11.2 Å². The highest BCUT2D eigenvalue weighted by Crippen LogP contribution is 2.35. The monoisotopic (exact) mass is 331 g/mol. The molecule has 0 spiro atoms. The highest BCUT2D eigenvalue weighted by molar-refractivity contribution is 7.99. The minimum absolute atomic E-state index is 0.0829. The van der Waals surface area contributed by atoms with Gasteiger partial charge in [0.05, 0.1) is 6.33 Å². The molecule has 0 bridgehead atoms. The molecule has 1 aliphatic heterocycles. The van der Waals surface area contributed by atoms with Crippen LogP contribution in [0.1, 0.15) is 0 Å². The van der Waals surface area contributed by atoms with E-state index >= 15 is 0 Å². The summed E-state index contributed by atoms with van der Waals surface area (Å²) < 4.78 is 4.76. The van der Waals surface area contributed by atoms with Gasteiger partial charge in [-0.1, -0.05) is 11.8 Å². The first-order chi connectivity index (χ1) is 11.1. The zero-order valence-corrected chi connectivity index (χ0v) is 12.0. The number of aromatic amines is 2. The van der Waals surface area contributed by atoms with E-state index in [2.05, 4.69) is 30.2 Å². The number of H-pyrrole nitrogens is 2. The number of nitrogens with zero attached hydrogens (tertiary/aromatic N) is 5. The summed E-state index contributed by atoms with van der Waals surface area (Å²) in [7, 11) is 0. The van der Waals surface area contributed by atoms with E-state index in [9.17, 15) is 10.4 Å². The van der Waals surface area contributed by atoms with Gasteiger partial charge in [-0.15, -0.1) is 0 Å². The van der Waals surface area contributed by atoms with E-state index in [0.717, 1.165) is 0 Å². The van der Waals surface area contributed by atoms with Gasteiger partial charge in [0.1, 0.15) is 16.2 Å². The van der Waals surface area contributed by atoms with Crippen molar-refractivity contribution in [3.05, 3.63) is 34.2 Å². The third-order valence-corrected chi connectivity index (χ3v) is 4.12. The lowest BCUT2D eigenvalue weighted by Gasteiger charge is -2.07. The van der Waals surface area contributed by atoms with Crippen LogP contribution in [0.25, 0.3) is 22.6 Å². The number of hydrogen-bond acceptors (Lipinski definition) is 9. The van der Waals surface area contributed by atoms with Gasteiger partial charge < -0.3 is 21.1 Å². The molecule has 0 fully saturated rings. The SMILES string of the molecule is Nc1nc(Sc2ccc(=[N+]([O-])[O-])c3no[nH]c2-3)c2[nH]cnc2n1. The normalized spacial score (nSPS) is 11.3. The number of nitrogens with two attached hydrogens (primary N) is 1. The Morgan fingerprint density at radius 1 is 1.26 bits per heavy atom. The summed E-state index contributed by atoms with van der Waals surface area (Å²) in [4.78, 5) is 15.3. The van der Waals surface area contributed by atoms with Gasteiger partial charge in [0.15, 0.2) is 5.65 Å². The Balaban J connectivity index is 1.88. The van der Waals surface area contributed by atoms with Crippen LogP contribution in [0, 0.1) is 10.4 Å². The fraction of sp³-hybridized carbons (Fsp3) is 0. The smallest absolute Gasteiger partial charge is 0.254 e. The zero-order chi connectivity index (χ0) is 16.0. The minimum atomic E-state index is -0.525. The molecule has 12 heteroatoms. The summed E-state index contributed by atoms with van der Waals surface area (Å²) in [5.41, 5.74) is 7.26. The molecule has 0 amide bonds. The number of nitrogens with one attached hydrogen (secondary N) is 2. The molecule has 1 aliphatic carbocycles. The molecule has 0 saturated heterocycles. The molecule has 4 N–H and O–H groups in total. The second-order valence-electron chi connectivity index (χ2n) is 4.44. The van der Waals surface area contributed by atoms with E-state index in [4.69, 9.17) is 10.4 Å². The van der Waals surface area contributed by atoms with Crippen molar-refractivity contribution in [2.75, 3.05) is 5.73 Å². The van der Waals surface area contributed by atoms with Crippen LogP contribution in [-0.2, 0) is 0 Å². The molecular weight excluding hydrogens is 324 g/mol. The zero-order valence-electron chi connectivity index (χ0n) is 11.2. The van der Waals surface area contributed by atoms with Gasteiger partial charge >= 0.3 is 0 Å². The summed E-state index contributed by atoms with van der Waals surface area (Å²) in [6, 6.07) is 2.94. The number of aromatic nitrogens is 6. The van der Waals surface area contributed by atoms with Crippen molar-refractivity contribution >= 4 is 28.9 Å². The minimum Gasteiger partial charge on any atom is -0.612 e. The molecule has 0 radical (unpaired) electrons. The molecule has 2 aliphatic rings. The Bertz CT molecular complexity index is 1050. The van der Waals surface area contributed by atoms with Crippen LogP contribution < -0.4 is 16.0 Å². The summed E-state index contributed by atoms with van der Waals surface area (Å²) in [6.07, 6.45) is 1.49. The first kappa shape index (κ1) is 13.4. The van der Waals surface area contributed by atoms with Gasteiger partial charge in [-0.25, -0.2) is 9.97 Å². The van der Waals surface area contributed by atoms with Crippen molar-refractivity contribution in [1.29, 1.82) is 0 Å². The topological polar surface area (TPSA) is 171 Å². The highest BCUT2D eigenvalue weighted by Gasteiger charge is 2.21. The molecule has 23 heavy (non-hydrogen) atoms. The van der Waals surface area contributed by atoms with E-state index < -0.39 is 4.90 Å². The Labute approximate surface area is 130 Å². The highest BCUT2D eigenvalue weighted by atomic mass is 32.2. The predicted octanol–water partition coefficient (Wildman–Crippen LogP) is 0.275. The lowest BCUT2D eigenvalue weighted by atomic mass is 10.2. The van der Waals surface area contributed by atoms with E-state index in [1.165, 1.54) is 24.2 Å². The maximum atomic E-state index is 11.0. The van der Waals surface area contributed by atoms with Crippen molar-refractivity contribution in [2.45, 2.75) is 9.92 Å². The fourth-order valence-corrected chi connectivity index (χ4v) is 3.08. The molecule has 2 aromatic rings. The van der Waals surface area contributed by atoms with Crippen LogP contribution >= 0.6 is 11.8 Å². The number of benzene rings is 1. The molecule has 3 heterocycles. The van der Waals surface area contributed by atoms with Gasteiger partial charge in [0.25, 0.3) is 5.36 Å². The Kier molecular flexibility index (Phi) is 2.84. The molecule has 2 aromatic heterocycles. The molecule has 116 valence electrons. The standard InChI is InChI=1S/C11H7N8O3S/c12-11-15-9-8(13-3-14-9)10(16-11)23-5-2-1-4(19(20)21)6-7(5)18-22-17-6/h1-3,18H,(H3-,12,13,14,15,16,20,21)/q-1. The van der Waals surface area contributed by atoms with Gasteiger partial charge in [0, 0.05) is 11.0 Å². The number of hydrogen-bond donors (Lipinski definition) is 3. The van der Waals surface area contributed by atoms with Crippen molar-refractivity contribution in [1.82, 2.24) is 35.2 Å². The third kappa shape index (κ3) is 2.12. The summed E-state index contributed by atoms with van der Waals surface area (Å²) >= 11 is 1.23. The van der Waals surface area contributed by atoms with Crippen molar-refractivity contribution in [3.63, 3.8) is 0 Å². The van der Waals surface area contributed by atoms with Gasteiger partial charge in [-0.2, -0.15) is 15.0 Å². The molecule has 4 rings (SSSR count). The second-order valence-corrected chi connectivity index (χ2v) is 5.47. The molecule has 0 aromatic carbocycles. The lowest BCUT2D eigenvalue weighted by Crippen LogP contribution is -2.21. The van der Waals surface area contributed by atoms with Crippen LogP contribution in [0.4, 0.5) is 5.95 Å². The number of anilines is 1. The number of imidazole rings is 1. The van der Waals surface area contributed by atoms with E-state index in [1.54, 1.807) is 6.07 Å². The Morgan fingerprint density at radius 3 is 2.96 bits per heavy atom. The van der Waals surface area contributed by atoms with E-state index in [-0.39, 0.29) is 17.0 Å². The van der Waals surface area contributed by atoms with Gasteiger partial charge in [-0.3, -0.25) is 4.63 Å². The maximum absolute atomic E-state index is 11.0. The van der Waals surface area contributed by atoms with Crippen molar-refractivity contribution in [2.24, 2.45) is 0 Å². The number of rotatable bonds is 2. The van der Waals surface area contributed by atoms with Crippen molar-refractivity contribution in [3.8, 4) is 11.4 Å². The molecule has 11 nitrogen and oxygen atoms in total. The molecule has 0 unspecified atom stereocenters. The summed E-state index contributed by atoms with van der Waals surface area (Å²) in [6.45, 7) is 0. The Hall–Kier alpha value is -3.28. The van der Waals surface area contributed by atoms with Crippen LogP contribution in [0.2, 0.25) is 0 Å². The van der Waals surface area contributed by atoms with Crippen LogP contribution in [0.5, 0.6) is 0 Å². The van der Waals surface area contributed by atoms with Crippen LogP contribution in [0.3, 0.4) is 0 Å². The molecule has 0 saturated carbocycles.